The Hall–Kier alpha value is -0.940. The average Bonchev–Trinajstić information content (AvgIpc) is 2.43. The Morgan fingerprint density at radius 3 is 3.00 bits per heavy atom. The van der Waals surface area contributed by atoms with Crippen LogP contribution in [0.15, 0.2) is 5.38 Å². The molecule has 1 saturated heterocycles. The summed E-state index contributed by atoms with van der Waals surface area (Å²) in [6, 6.07) is 0. The number of carbonyl (C=O) groups is 1. The topological polar surface area (TPSA) is 48.4 Å². The van der Waals surface area contributed by atoms with Crippen LogP contribution in [0.5, 0.6) is 0 Å². The highest BCUT2D eigenvalue weighted by atomic mass is 32.1. The first kappa shape index (κ1) is 8.65. The van der Waals surface area contributed by atoms with E-state index in [1.807, 2.05) is 0 Å². The van der Waals surface area contributed by atoms with Crippen molar-refractivity contribution in [1.82, 2.24) is 4.37 Å². The van der Waals surface area contributed by atoms with Gasteiger partial charge in [0.1, 0.15) is 6.10 Å². The number of aryl methyl sites for hydroxylation is 1. The number of carbonyl (C=O) groups excluding carboxylic acids is 1. The van der Waals surface area contributed by atoms with Crippen LogP contribution in [0.1, 0.15) is 16.1 Å². The molecule has 4 nitrogen and oxygen atoms in total. The predicted molar refractivity (Wildman–Crippen MR) is 46.9 cm³/mol. The average molecular weight is 199 g/mol. The molecule has 0 aliphatic carbocycles. The molecule has 13 heavy (non-hydrogen) atoms. The Labute approximate surface area is 79.6 Å². The zero-order valence-electron chi connectivity index (χ0n) is 7.15. The van der Waals surface area contributed by atoms with Crippen LogP contribution in [0.2, 0.25) is 0 Å². The highest BCUT2D eigenvalue weighted by molar-refractivity contribution is 7.03. The lowest BCUT2D eigenvalue weighted by atomic mass is 10.2. The van der Waals surface area contributed by atoms with Crippen LogP contribution in [-0.4, -0.2) is 29.7 Å². The maximum absolute atomic E-state index is 11.4. The molecule has 70 valence electrons. The largest absolute Gasteiger partial charge is 0.454 e. The fraction of sp³-hybridized carbons (Fsp3) is 0.500. The van der Waals surface area contributed by atoms with Gasteiger partial charge in [0.25, 0.3) is 0 Å². The van der Waals surface area contributed by atoms with Gasteiger partial charge in [-0.25, -0.2) is 4.79 Å². The van der Waals surface area contributed by atoms with E-state index in [-0.39, 0.29) is 12.1 Å². The summed E-state index contributed by atoms with van der Waals surface area (Å²) in [5, 5.41) is 1.71. The second-order valence-electron chi connectivity index (χ2n) is 2.88. The molecule has 1 aromatic heterocycles. The van der Waals surface area contributed by atoms with E-state index in [0.29, 0.717) is 18.8 Å². The first-order chi connectivity index (χ1) is 6.27. The van der Waals surface area contributed by atoms with Gasteiger partial charge >= 0.3 is 5.97 Å². The van der Waals surface area contributed by atoms with Crippen LogP contribution in [0, 0.1) is 6.92 Å². The van der Waals surface area contributed by atoms with Gasteiger partial charge in [0, 0.05) is 5.38 Å². The molecular weight excluding hydrogens is 190 g/mol. The maximum Gasteiger partial charge on any atom is 0.341 e. The molecule has 1 aliphatic heterocycles. The van der Waals surface area contributed by atoms with Crippen molar-refractivity contribution in [3.05, 3.63) is 16.6 Å². The predicted octanol–water partition coefficient (Wildman–Crippen LogP) is 1.01. The first-order valence-corrected chi connectivity index (χ1v) is 4.80. The van der Waals surface area contributed by atoms with E-state index in [9.17, 15) is 4.79 Å². The van der Waals surface area contributed by atoms with Gasteiger partial charge in [0.2, 0.25) is 0 Å². The van der Waals surface area contributed by atoms with Crippen LogP contribution in [0.3, 0.4) is 0 Å². The molecule has 1 aromatic rings. The molecule has 0 saturated carbocycles. The van der Waals surface area contributed by atoms with E-state index >= 15 is 0 Å². The van der Waals surface area contributed by atoms with Crippen molar-refractivity contribution < 1.29 is 14.3 Å². The van der Waals surface area contributed by atoms with E-state index in [2.05, 4.69) is 4.37 Å². The third-order valence-corrected chi connectivity index (χ3v) is 2.57. The summed E-state index contributed by atoms with van der Waals surface area (Å²) in [4.78, 5) is 11.4. The Morgan fingerprint density at radius 1 is 1.77 bits per heavy atom. The smallest absolute Gasteiger partial charge is 0.341 e. The summed E-state index contributed by atoms with van der Waals surface area (Å²) in [6.07, 6.45) is -0.0631. The van der Waals surface area contributed by atoms with Crippen LogP contribution in [0.4, 0.5) is 0 Å². The van der Waals surface area contributed by atoms with Crippen LogP contribution in [0.25, 0.3) is 0 Å². The number of esters is 1. The van der Waals surface area contributed by atoms with Crippen molar-refractivity contribution in [2.45, 2.75) is 13.0 Å². The Balaban J connectivity index is 2.00. The molecule has 0 radical (unpaired) electrons. The van der Waals surface area contributed by atoms with Gasteiger partial charge in [-0.15, -0.1) is 0 Å². The van der Waals surface area contributed by atoms with Gasteiger partial charge < -0.3 is 9.47 Å². The third-order valence-electron chi connectivity index (χ3n) is 1.85. The fourth-order valence-electron chi connectivity index (χ4n) is 0.985. The Kier molecular flexibility index (Phi) is 2.28. The van der Waals surface area contributed by atoms with E-state index in [1.165, 1.54) is 11.5 Å². The molecule has 0 bridgehead atoms. The standard InChI is InChI=1S/C8H9NO3S/c1-5-7(4-13-9-5)8(10)12-6-2-11-3-6/h4,6H,2-3H2,1H3. The zero-order valence-corrected chi connectivity index (χ0v) is 7.97. The summed E-state index contributed by atoms with van der Waals surface area (Å²) in [7, 11) is 0. The molecule has 0 atom stereocenters. The highest BCUT2D eigenvalue weighted by Crippen LogP contribution is 2.14. The van der Waals surface area contributed by atoms with Gasteiger partial charge in [-0.2, -0.15) is 4.37 Å². The van der Waals surface area contributed by atoms with E-state index < -0.39 is 0 Å². The molecule has 0 amide bonds. The van der Waals surface area contributed by atoms with Crippen LogP contribution in [-0.2, 0) is 9.47 Å². The Bertz CT molecular complexity index is 319. The summed E-state index contributed by atoms with van der Waals surface area (Å²) in [5.74, 6) is -0.292. The van der Waals surface area contributed by atoms with Gasteiger partial charge in [0.15, 0.2) is 0 Å². The summed E-state index contributed by atoms with van der Waals surface area (Å²) >= 11 is 1.27. The number of aromatic nitrogens is 1. The van der Waals surface area contributed by atoms with Crippen molar-refractivity contribution >= 4 is 17.5 Å². The monoisotopic (exact) mass is 199 g/mol. The number of nitrogens with zero attached hydrogens (tertiary/aromatic N) is 1. The second-order valence-corrected chi connectivity index (χ2v) is 3.51. The molecule has 0 unspecified atom stereocenters. The van der Waals surface area contributed by atoms with E-state index in [4.69, 9.17) is 9.47 Å². The normalized spacial score (nSPS) is 16.7. The lowest BCUT2D eigenvalue weighted by molar-refractivity contribution is -0.103. The van der Waals surface area contributed by atoms with Crippen molar-refractivity contribution in [1.29, 1.82) is 0 Å². The van der Waals surface area contributed by atoms with Gasteiger partial charge in [-0.3, -0.25) is 0 Å². The van der Waals surface area contributed by atoms with Crippen molar-refractivity contribution in [2.75, 3.05) is 13.2 Å². The molecule has 1 fully saturated rings. The van der Waals surface area contributed by atoms with Gasteiger partial charge in [0.05, 0.1) is 24.5 Å². The third kappa shape index (κ3) is 1.71. The molecule has 1 aliphatic rings. The summed E-state index contributed by atoms with van der Waals surface area (Å²) in [6.45, 7) is 2.83. The maximum atomic E-state index is 11.4. The summed E-state index contributed by atoms with van der Waals surface area (Å²) in [5.41, 5.74) is 1.30. The SMILES string of the molecule is Cc1nscc1C(=O)OC1COC1. The van der Waals surface area contributed by atoms with Crippen LogP contribution >= 0.6 is 11.5 Å². The minimum Gasteiger partial charge on any atom is -0.454 e. The highest BCUT2D eigenvalue weighted by Gasteiger charge is 2.24. The minimum atomic E-state index is -0.292. The van der Waals surface area contributed by atoms with E-state index in [1.54, 1.807) is 12.3 Å². The molecule has 0 aromatic carbocycles. The van der Waals surface area contributed by atoms with Crippen LogP contribution < -0.4 is 0 Å². The lowest BCUT2D eigenvalue weighted by Crippen LogP contribution is -2.37. The van der Waals surface area contributed by atoms with Crippen molar-refractivity contribution in [3.8, 4) is 0 Å². The molecule has 0 N–H and O–H groups in total. The van der Waals surface area contributed by atoms with Gasteiger partial charge in [-0.05, 0) is 18.5 Å². The number of rotatable bonds is 2. The quantitative estimate of drug-likeness (QED) is 0.667. The number of ether oxygens (including phenoxy) is 2. The zero-order chi connectivity index (χ0) is 9.26. The molecular formula is C8H9NO3S. The number of hydrogen-bond acceptors (Lipinski definition) is 5. The molecule has 2 rings (SSSR count). The molecule has 5 heteroatoms. The number of hydrogen-bond donors (Lipinski definition) is 0. The van der Waals surface area contributed by atoms with Gasteiger partial charge in [-0.1, -0.05) is 0 Å². The van der Waals surface area contributed by atoms with Crippen molar-refractivity contribution in [2.24, 2.45) is 0 Å². The minimum absolute atomic E-state index is 0.0631. The fourth-order valence-corrected chi connectivity index (χ4v) is 1.67. The van der Waals surface area contributed by atoms with E-state index in [0.717, 1.165) is 5.69 Å². The van der Waals surface area contributed by atoms with Crippen molar-refractivity contribution in [3.63, 3.8) is 0 Å². The summed E-state index contributed by atoms with van der Waals surface area (Å²) < 4.78 is 14.0. The Morgan fingerprint density at radius 2 is 2.54 bits per heavy atom. The lowest BCUT2D eigenvalue weighted by Gasteiger charge is -2.25. The molecule has 0 spiro atoms. The molecule has 2 heterocycles. The second kappa shape index (κ2) is 3.43. The first-order valence-electron chi connectivity index (χ1n) is 3.97.